The maximum absolute atomic E-state index is 13.6. The second-order valence-electron chi connectivity index (χ2n) is 5.62. The number of benzene rings is 1. The van der Waals surface area contributed by atoms with E-state index in [-0.39, 0.29) is 11.4 Å². The van der Waals surface area contributed by atoms with Crippen molar-refractivity contribution in [3.63, 3.8) is 0 Å². The summed E-state index contributed by atoms with van der Waals surface area (Å²) in [5, 5.41) is 3.51. The Labute approximate surface area is 129 Å². The number of ether oxygens (including phenoxy) is 1. The van der Waals surface area contributed by atoms with Crippen LogP contribution in [0.15, 0.2) is 22.7 Å². The Morgan fingerprint density at radius 2 is 2.20 bits per heavy atom. The molecule has 1 aromatic carbocycles. The van der Waals surface area contributed by atoms with Crippen LogP contribution in [-0.2, 0) is 11.2 Å². The molecule has 0 bridgehead atoms. The summed E-state index contributed by atoms with van der Waals surface area (Å²) in [6.45, 7) is 3.02. The van der Waals surface area contributed by atoms with Crippen LogP contribution in [0, 0.1) is 5.82 Å². The van der Waals surface area contributed by atoms with Crippen LogP contribution in [0.1, 0.15) is 38.2 Å². The topological polar surface area (TPSA) is 21.3 Å². The van der Waals surface area contributed by atoms with E-state index in [1.165, 1.54) is 12.5 Å². The lowest BCUT2D eigenvalue weighted by Crippen LogP contribution is -2.46. The summed E-state index contributed by atoms with van der Waals surface area (Å²) in [6, 6.07) is 5.56. The summed E-state index contributed by atoms with van der Waals surface area (Å²) in [4.78, 5) is 0. The minimum absolute atomic E-state index is 0.0344. The van der Waals surface area contributed by atoms with Gasteiger partial charge in [-0.15, -0.1) is 0 Å². The van der Waals surface area contributed by atoms with Crippen molar-refractivity contribution in [2.24, 2.45) is 0 Å². The van der Waals surface area contributed by atoms with Crippen LogP contribution in [0.3, 0.4) is 0 Å². The standard InChI is InChI=1S/C16H23BrFNO/c1-3-19-13(11-16(20-2)8-5-9-16)10-12-6-4-7-14(18)15(12)17/h4,6-7,13,19H,3,5,8-11H2,1-2H3. The Morgan fingerprint density at radius 3 is 2.75 bits per heavy atom. The minimum atomic E-state index is -0.192. The molecular formula is C16H23BrFNO. The van der Waals surface area contributed by atoms with E-state index >= 15 is 0 Å². The van der Waals surface area contributed by atoms with Crippen molar-refractivity contribution in [3.8, 4) is 0 Å². The third-order valence-electron chi connectivity index (χ3n) is 4.31. The highest BCUT2D eigenvalue weighted by atomic mass is 79.9. The summed E-state index contributed by atoms with van der Waals surface area (Å²) >= 11 is 3.35. The van der Waals surface area contributed by atoms with Crippen molar-refractivity contribution in [3.05, 3.63) is 34.1 Å². The molecule has 0 heterocycles. The molecule has 1 aliphatic rings. The van der Waals surface area contributed by atoms with Gasteiger partial charge in [0.05, 0.1) is 10.1 Å². The quantitative estimate of drug-likeness (QED) is 0.805. The molecule has 20 heavy (non-hydrogen) atoms. The summed E-state index contributed by atoms with van der Waals surface area (Å²) in [6.07, 6.45) is 5.32. The zero-order valence-corrected chi connectivity index (χ0v) is 13.8. The molecule has 0 aromatic heterocycles. The SMILES string of the molecule is CCNC(Cc1cccc(F)c1Br)CC1(OC)CCC1. The first-order valence-electron chi connectivity index (χ1n) is 7.31. The molecule has 1 aromatic rings. The molecule has 0 saturated heterocycles. The van der Waals surface area contributed by atoms with Crippen molar-refractivity contribution in [2.45, 2.75) is 50.7 Å². The van der Waals surface area contributed by atoms with E-state index in [0.717, 1.165) is 37.8 Å². The molecule has 112 valence electrons. The van der Waals surface area contributed by atoms with Gasteiger partial charge in [-0.05, 0) is 66.2 Å². The molecule has 2 rings (SSSR count). The van der Waals surface area contributed by atoms with Gasteiger partial charge in [-0.3, -0.25) is 0 Å². The maximum Gasteiger partial charge on any atom is 0.137 e. The zero-order valence-electron chi connectivity index (χ0n) is 12.2. The molecular weight excluding hydrogens is 321 g/mol. The molecule has 1 fully saturated rings. The van der Waals surface area contributed by atoms with Crippen molar-refractivity contribution in [2.75, 3.05) is 13.7 Å². The molecule has 0 spiro atoms. The second-order valence-corrected chi connectivity index (χ2v) is 6.41. The van der Waals surface area contributed by atoms with Gasteiger partial charge in [0.25, 0.3) is 0 Å². The molecule has 1 unspecified atom stereocenters. The van der Waals surface area contributed by atoms with Crippen LogP contribution in [-0.4, -0.2) is 25.3 Å². The normalized spacial score (nSPS) is 18.6. The fourth-order valence-electron chi connectivity index (χ4n) is 2.99. The monoisotopic (exact) mass is 343 g/mol. The van der Waals surface area contributed by atoms with Crippen molar-refractivity contribution < 1.29 is 9.13 Å². The van der Waals surface area contributed by atoms with Crippen LogP contribution in [0.4, 0.5) is 4.39 Å². The van der Waals surface area contributed by atoms with Crippen molar-refractivity contribution in [1.29, 1.82) is 0 Å². The lowest BCUT2D eigenvalue weighted by atomic mass is 9.75. The first kappa shape index (κ1) is 15.9. The van der Waals surface area contributed by atoms with E-state index in [0.29, 0.717) is 10.5 Å². The average molecular weight is 344 g/mol. The van der Waals surface area contributed by atoms with Gasteiger partial charge in [-0.2, -0.15) is 0 Å². The highest BCUT2D eigenvalue weighted by Crippen LogP contribution is 2.39. The van der Waals surface area contributed by atoms with Crippen molar-refractivity contribution in [1.82, 2.24) is 5.32 Å². The summed E-state index contributed by atoms with van der Waals surface area (Å²) in [5.41, 5.74) is 1.05. The predicted molar refractivity (Wildman–Crippen MR) is 83.5 cm³/mol. The zero-order chi connectivity index (χ0) is 14.6. The van der Waals surface area contributed by atoms with Gasteiger partial charge in [-0.25, -0.2) is 4.39 Å². The van der Waals surface area contributed by atoms with E-state index in [9.17, 15) is 4.39 Å². The summed E-state index contributed by atoms with van der Waals surface area (Å²) < 4.78 is 19.9. The van der Waals surface area contributed by atoms with Gasteiger partial charge < -0.3 is 10.1 Å². The molecule has 2 nitrogen and oxygen atoms in total. The van der Waals surface area contributed by atoms with Crippen LogP contribution in [0.5, 0.6) is 0 Å². The largest absolute Gasteiger partial charge is 0.378 e. The second kappa shape index (κ2) is 7.01. The average Bonchev–Trinajstić information content (AvgIpc) is 2.39. The number of nitrogens with one attached hydrogen (secondary N) is 1. The Hall–Kier alpha value is -0.450. The fourth-order valence-corrected chi connectivity index (χ4v) is 3.41. The van der Waals surface area contributed by atoms with Gasteiger partial charge in [0, 0.05) is 13.2 Å². The number of rotatable bonds is 7. The number of hydrogen-bond acceptors (Lipinski definition) is 2. The van der Waals surface area contributed by atoms with E-state index < -0.39 is 0 Å². The molecule has 1 saturated carbocycles. The van der Waals surface area contributed by atoms with Crippen LogP contribution in [0.2, 0.25) is 0 Å². The summed E-state index contributed by atoms with van der Waals surface area (Å²) in [5.74, 6) is -0.192. The lowest BCUT2D eigenvalue weighted by molar-refractivity contribution is -0.0833. The number of likely N-dealkylation sites (N-methyl/N-ethyl adjacent to an activating group) is 1. The third kappa shape index (κ3) is 3.60. The van der Waals surface area contributed by atoms with Crippen LogP contribution >= 0.6 is 15.9 Å². The highest BCUT2D eigenvalue weighted by molar-refractivity contribution is 9.10. The summed E-state index contributed by atoms with van der Waals surface area (Å²) in [7, 11) is 1.81. The predicted octanol–water partition coefficient (Wildman–Crippen LogP) is 4.07. The van der Waals surface area contributed by atoms with E-state index in [4.69, 9.17) is 4.74 Å². The molecule has 1 N–H and O–H groups in total. The molecule has 4 heteroatoms. The first-order valence-corrected chi connectivity index (χ1v) is 8.11. The Morgan fingerprint density at radius 1 is 1.45 bits per heavy atom. The van der Waals surface area contributed by atoms with Gasteiger partial charge in [0.15, 0.2) is 0 Å². The minimum Gasteiger partial charge on any atom is -0.378 e. The highest BCUT2D eigenvalue weighted by Gasteiger charge is 2.38. The van der Waals surface area contributed by atoms with Crippen LogP contribution < -0.4 is 5.32 Å². The molecule has 0 aliphatic heterocycles. The molecule has 0 amide bonds. The smallest absolute Gasteiger partial charge is 0.137 e. The molecule has 0 radical (unpaired) electrons. The maximum atomic E-state index is 13.6. The number of halogens is 2. The van der Waals surface area contributed by atoms with Crippen molar-refractivity contribution >= 4 is 15.9 Å². The lowest BCUT2D eigenvalue weighted by Gasteiger charge is -2.43. The van der Waals surface area contributed by atoms with E-state index in [1.54, 1.807) is 13.2 Å². The number of hydrogen-bond donors (Lipinski definition) is 1. The van der Waals surface area contributed by atoms with Gasteiger partial charge in [0.1, 0.15) is 5.82 Å². The Kier molecular flexibility index (Phi) is 5.58. The van der Waals surface area contributed by atoms with Gasteiger partial charge in [-0.1, -0.05) is 19.1 Å². The number of methoxy groups -OCH3 is 1. The van der Waals surface area contributed by atoms with Crippen LogP contribution in [0.25, 0.3) is 0 Å². The fraction of sp³-hybridized carbons (Fsp3) is 0.625. The van der Waals surface area contributed by atoms with Gasteiger partial charge >= 0.3 is 0 Å². The third-order valence-corrected chi connectivity index (χ3v) is 5.19. The first-order chi connectivity index (χ1) is 9.60. The molecule has 1 atom stereocenters. The van der Waals surface area contributed by atoms with Gasteiger partial charge in [0.2, 0.25) is 0 Å². The van der Waals surface area contributed by atoms with E-state index in [2.05, 4.69) is 28.2 Å². The molecule has 1 aliphatic carbocycles. The Balaban J connectivity index is 2.07. The Bertz CT molecular complexity index is 443. The van der Waals surface area contributed by atoms with E-state index in [1.807, 2.05) is 6.07 Å².